The van der Waals surface area contributed by atoms with E-state index in [-0.39, 0.29) is 0 Å². The number of carbonyl (C=O) groups excluding carboxylic acids is 2. The van der Waals surface area contributed by atoms with Gasteiger partial charge in [0.15, 0.2) is 0 Å². The normalized spacial score (nSPS) is 15.7. The number of hydrogen-bond acceptors (Lipinski definition) is 6. The van der Waals surface area contributed by atoms with Gasteiger partial charge in [-0.25, -0.2) is 14.6 Å². The molecule has 7 heteroatoms. The highest BCUT2D eigenvalue weighted by molar-refractivity contribution is 6.03. The van der Waals surface area contributed by atoms with Crippen LogP contribution in [0.3, 0.4) is 0 Å². The minimum absolute atomic E-state index is 0.340. The van der Waals surface area contributed by atoms with E-state index in [1.807, 2.05) is 35.9 Å². The highest BCUT2D eigenvalue weighted by atomic mass is 16.6. The molecule has 1 heterocycles. The first kappa shape index (κ1) is 23.9. The lowest BCUT2D eigenvalue weighted by molar-refractivity contribution is 0.0387. The van der Waals surface area contributed by atoms with E-state index in [1.165, 1.54) is 0 Å². The molecule has 3 aromatic rings. The summed E-state index contributed by atoms with van der Waals surface area (Å²) < 4.78 is 13.4. The van der Waals surface area contributed by atoms with E-state index in [4.69, 9.17) is 9.47 Å². The number of aromatic nitrogens is 2. The largest absolute Gasteiger partial charge is 0.454 e. The van der Waals surface area contributed by atoms with Gasteiger partial charge < -0.3 is 14.0 Å². The number of hydrogen-bond donors (Lipinski definition) is 0. The fourth-order valence-corrected chi connectivity index (χ4v) is 3.68. The molecule has 2 aromatic carbocycles. The van der Waals surface area contributed by atoms with Crippen molar-refractivity contribution < 1.29 is 19.1 Å². The summed E-state index contributed by atoms with van der Waals surface area (Å²) in [5.41, 5.74) is 2.39. The van der Waals surface area contributed by atoms with Crippen LogP contribution >= 0.6 is 0 Å². The minimum Gasteiger partial charge on any atom is -0.454 e. The molecule has 0 N–H and O–H groups in total. The third-order valence-electron chi connectivity index (χ3n) is 5.51. The number of ether oxygens (including phenoxy) is 2. The lowest BCUT2D eigenvalue weighted by atomic mass is 9.99. The Labute approximate surface area is 204 Å². The number of nitrogens with zero attached hydrogens (tertiary/aromatic N) is 3. The van der Waals surface area contributed by atoms with Crippen molar-refractivity contribution in [1.82, 2.24) is 9.55 Å². The molecule has 4 rings (SSSR count). The van der Waals surface area contributed by atoms with Gasteiger partial charge in [0.05, 0.1) is 17.5 Å². The van der Waals surface area contributed by atoms with Gasteiger partial charge in [-0.15, -0.1) is 0 Å². The van der Waals surface area contributed by atoms with Gasteiger partial charge >= 0.3 is 11.9 Å². The molecular formula is C28H27N3O4. The first-order chi connectivity index (χ1) is 17.1. The van der Waals surface area contributed by atoms with Crippen LogP contribution in [0.25, 0.3) is 0 Å². The second-order valence-corrected chi connectivity index (χ2v) is 8.07. The molecule has 0 amide bonds. The van der Waals surface area contributed by atoms with Gasteiger partial charge in [-0.1, -0.05) is 42.5 Å². The van der Waals surface area contributed by atoms with E-state index in [9.17, 15) is 9.59 Å². The number of imidazole rings is 1. The third-order valence-corrected chi connectivity index (χ3v) is 5.51. The van der Waals surface area contributed by atoms with Crippen molar-refractivity contribution in [1.29, 1.82) is 0 Å². The second-order valence-electron chi connectivity index (χ2n) is 8.07. The van der Waals surface area contributed by atoms with E-state index in [0.29, 0.717) is 29.9 Å². The first-order valence-corrected chi connectivity index (χ1v) is 11.5. The zero-order chi connectivity index (χ0) is 24.5. The van der Waals surface area contributed by atoms with Crippen LogP contribution in [0.5, 0.6) is 0 Å². The molecule has 35 heavy (non-hydrogen) atoms. The highest BCUT2D eigenvalue weighted by Crippen LogP contribution is 2.25. The monoisotopic (exact) mass is 469 g/mol. The van der Waals surface area contributed by atoms with Crippen LogP contribution < -0.4 is 0 Å². The molecule has 7 nitrogen and oxygen atoms in total. The molecule has 1 atom stereocenters. The van der Waals surface area contributed by atoms with Crippen LogP contribution in [0.1, 0.15) is 40.5 Å². The topological polar surface area (TPSA) is 82.8 Å². The van der Waals surface area contributed by atoms with Gasteiger partial charge in [0.2, 0.25) is 0 Å². The quantitative estimate of drug-likeness (QED) is 0.249. The third kappa shape index (κ3) is 6.63. The summed E-state index contributed by atoms with van der Waals surface area (Å²) in [6.45, 7) is 3.33. The summed E-state index contributed by atoms with van der Waals surface area (Å²) in [6.07, 6.45) is 9.79. The zero-order valence-electron chi connectivity index (χ0n) is 19.5. The number of rotatable bonds is 9. The molecule has 0 spiro atoms. The van der Waals surface area contributed by atoms with Crippen LogP contribution in [-0.2, 0) is 16.0 Å². The Morgan fingerprint density at radius 2 is 1.71 bits per heavy atom. The van der Waals surface area contributed by atoms with Crippen LogP contribution in [0.15, 0.2) is 108 Å². The van der Waals surface area contributed by atoms with Crippen molar-refractivity contribution in [2.45, 2.75) is 32.4 Å². The molecule has 0 aliphatic heterocycles. The fourth-order valence-electron chi connectivity index (χ4n) is 3.68. The molecular weight excluding hydrogens is 442 g/mol. The standard InChI is InChI=1S/C28H27N3O4/c1-21(30-15-8-17-31-18-16-29-20-31)25-14-13-24(34-27(32)22-9-4-2-5-10-22)19-26(25)35-28(33)23-11-6-3-7-12-23/h2-7,9-12,14,16,18-20,24H,8,13,15,17H2,1H3. The van der Waals surface area contributed by atoms with E-state index in [0.717, 1.165) is 24.3 Å². The van der Waals surface area contributed by atoms with E-state index < -0.39 is 18.0 Å². The Morgan fingerprint density at radius 3 is 2.37 bits per heavy atom. The smallest absolute Gasteiger partial charge is 0.343 e. The van der Waals surface area contributed by atoms with Crippen LogP contribution in [-0.4, -0.2) is 39.9 Å². The molecule has 0 saturated carbocycles. The van der Waals surface area contributed by atoms with Crippen molar-refractivity contribution in [3.05, 3.63) is 114 Å². The fraction of sp³-hybridized carbons (Fsp3) is 0.214. The summed E-state index contributed by atoms with van der Waals surface area (Å²) in [5.74, 6) is -0.570. The number of aliphatic imine (C=N–C) groups is 1. The summed E-state index contributed by atoms with van der Waals surface area (Å²) in [6, 6.07) is 17.6. The SMILES string of the molecule is CC(=NCCCn1ccnc1)C1=CCC(OC(=O)c2ccccc2)C=C1OC(=O)c1ccccc1. The summed E-state index contributed by atoms with van der Waals surface area (Å²) >= 11 is 0. The Kier molecular flexibility index (Phi) is 8.01. The summed E-state index contributed by atoms with van der Waals surface area (Å²) in [7, 11) is 0. The zero-order valence-corrected chi connectivity index (χ0v) is 19.5. The molecule has 0 bridgehead atoms. The maximum Gasteiger partial charge on any atom is 0.343 e. The van der Waals surface area contributed by atoms with E-state index in [2.05, 4.69) is 9.98 Å². The predicted molar refractivity (Wildman–Crippen MR) is 133 cm³/mol. The lowest BCUT2D eigenvalue weighted by Gasteiger charge is -2.22. The molecule has 1 unspecified atom stereocenters. The van der Waals surface area contributed by atoms with Crippen molar-refractivity contribution in [3.8, 4) is 0 Å². The van der Waals surface area contributed by atoms with Crippen molar-refractivity contribution >= 4 is 17.7 Å². The molecule has 1 aliphatic carbocycles. The maximum absolute atomic E-state index is 12.8. The Balaban J connectivity index is 1.48. The predicted octanol–water partition coefficient (Wildman–Crippen LogP) is 5.03. The Bertz CT molecular complexity index is 1230. The lowest BCUT2D eigenvalue weighted by Crippen LogP contribution is -2.22. The van der Waals surface area contributed by atoms with Gasteiger partial charge in [-0.2, -0.15) is 0 Å². The molecule has 0 radical (unpaired) electrons. The molecule has 1 aliphatic rings. The van der Waals surface area contributed by atoms with Crippen LogP contribution in [0.2, 0.25) is 0 Å². The summed E-state index contributed by atoms with van der Waals surface area (Å²) in [5, 5.41) is 0. The maximum atomic E-state index is 12.8. The molecule has 178 valence electrons. The molecule has 1 aromatic heterocycles. The molecule has 0 fully saturated rings. The van der Waals surface area contributed by atoms with Gasteiger partial charge in [0.1, 0.15) is 11.9 Å². The van der Waals surface area contributed by atoms with Gasteiger partial charge in [-0.3, -0.25) is 4.99 Å². The number of allylic oxidation sites excluding steroid dienone is 1. The molecule has 0 saturated heterocycles. The average Bonchev–Trinajstić information content (AvgIpc) is 3.41. The van der Waals surface area contributed by atoms with Gasteiger partial charge in [0.25, 0.3) is 0 Å². The average molecular weight is 470 g/mol. The van der Waals surface area contributed by atoms with Crippen molar-refractivity contribution in [2.75, 3.05) is 6.54 Å². The second kappa shape index (κ2) is 11.7. The number of benzene rings is 2. The van der Waals surface area contributed by atoms with Crippen molar-refractivity contribution in [2.24, 2.45) is 4.99 Å². The van der Waals surface area contributed by atoms with Crippen LogP contribution in [0, 0.1) is 0 Å². The van der Waals surface area contributed by atoms with E-state index in [1.54, 1.807) is 67.1 Å². The van der Waals surface area contributed by atoms with Gasteiger partial charge in [0, 0.05) is 43.2 Å². The Hall–Kier alpha value is -4.26. The van der Waals surface area contributed by atoms with Gasteiger partial charge in [-0.05, 0) is 43.7 Å². The Morgan fingerprint density at radius 1 is 1.03 bits per heavy atom. The van der Waals surface area contributed by atoms with Crippen LogP contribution in [0.4, 0.5) is 0 Å². The number of carbonyl (C=O) groups is 2. The highest BCUT2D eigenvalue weighted by Gasteiger charge is 2.24. The first-order valence-electron chi connectivity index (χ1n) is 11.5. The minimum atomic E-state index is -0.556. The van der Waals surface area contributed by atoms with Crippen molar-refractivity contribution in [3.63, 3.8) is 0 Å². The number of esters is 2. The summed E-state index contributed by atoms with van der Waals surface area (Å²) in [4.78, 5) is 34.0. The number of aryl methyl sites for hydroxylation is 1. The van der Waals surface area contributed by atoms with E-state index >= 15 is 0 Å².